The number of aliphatic imine (C=N–C) groups is 1. The number of carbonyl (C=O) groups excluding carboxylic acids is 1. The van der Waals surface area contributed by atoms with Gasteiger partial charge >= 0.3 is 0 Å². The normalized spacial score (nSPS) is 16.5. The van der Waals surface area contributed by atoms with E-state index in [1.807, 2.05) is 68.1 Å². The number of para-hydroxylation sites is 2. The van der Waals surface area contributed by atoms with Gasteiger partial charge in [-0.15, -0.1) is 0 Å². The van der Waals surface area contributed by atoms with Crippen molar-refractivity contribution in [3.05, 3.63) is 48.0 Å². The van der Waals surface area contributed by atoms with Gasteiger partial charge in [0.05, 0.1) is 12.7 Å². The van der Waals surface area contributed by atoms with Crippen LogP contribution in [0, 0.1) is 5.41 Å². The van der Waals surface area contributed by atoms with Crippen LogP contribution in [-0.2, 0) is 4.79 Å². The molecule has 0 atom stereocenters. The first-order chi connectivity index (χ1) is 14.4. The summed E-state index contributed by atoms with van der Waals surface area (Å²) >= 11 is 0. The minimum Gasteiger partial charge on any atom is -0.497 e. The molecule has 4 rings (SSSR count). The Bertz CT molecular complexity index is 978. The van der Waals surface area contributed by atoms with Crippen LogP contribution in [-0.4, -0.2) is 54.8 Å². The summed E-state index contributed by atoms with van der Waals surface area (Å²) in [5.41, 5.74) is 1.36. The zero-order valence-corrected chi connectivity index (χ0v) is 18.1. The summed E-state index contributed by atoms with van der Waals surface area (Å²) in [5.74, 6) is 3.27. The lowest BCUT2D eigenvalue weighted by atomic mass is 9.94. The van der Waals surface area contributed by atoms with Crippen LogP contribution >= 0.6 is 0 Å². The molecule has 2 aliphatic rings. The summed E-state index contributed by atoms with van der Waals surface area (Å²) in [4.78, 5) is 22.0. The highest BCUT2D eigenvalue weighted by atomic mass is 16.5. The Morgan fingerprint density at radius 3 is 2.60 bits per heavy atom. The highest BCUT2D eigenvalue weighted by Crippen LogP contribution is 2.39. The predicted molar refractivity (Wildman–Crippen MR) is 118 cm³/mol. The molecule has 2 heterocycles. The third kappa shape index (κ3) is 3.99. The van der Waals surface area contributed by atoms with E-state index in [-0.39, 0.29) is 11.3 Å². The van der Waals surface area contributed by atoms with Crippen LogP contribution in [0.4, 0.5) is 5.69 Å². The van der Waals surface area contributed by atoms with Crippen molar-refractivity contribution in [2.75, 3.05) is 33.3 Å². The van der Waals surface area contributed by atoms with Gasteiger partial charge in [0.2, 0.25) is 5.91 Å². The smallest absolute Gasteiger partial charge is 0.228 e. The molecule has 0 unspecified atom stereocenters. The average molecular weight is 408 g/mol. The summed E-state index contributed by atoms with van der Waals surface area (Å²) in [6, 6.07) is 13.6. The van der Waals surface area contributed by atoms with Gasteiger partial charge in [0.15, 0.2) is 5.75 Å². The lowest BCUT2D eigenvalue weighted by Crippen LogP contribution is -2.42. The number of nitrogens with zero attached hydrogens (tertiary/aromatic N) is 3. The highest BCUT2D eigenvalue weighted by molar-refractivity contribution is 6.04. The molecule has 158 valence electrons. The Balaban J connectivity index is 1.69. The summed E-state index contributed by atoms with van der Waals surface area (Å²) < 4.78 is 11.6. The molecule has 6 nitrogen and oxygen atoms in total. The van der Waals surface area contributed by atoms with Gasteiger partial charge in [0.1, 0.15) is 23.0 Å². The van der Waals surface area contributed by atoms with Crippen LogP contribution in [0.1, 0.15) is 32.8 Å². The number of amidine groups is 1. The maximum atomic E-state index is 12.8. The first kappa shape index (κ1) is 20.3. The van der Waals surface area contributed by atoms with E-state index >= 15 is 0 Å². The Morgan fingerprint density at radius 1 is 1.03 bits per heavy atom. The number of rotatable bonds is 1. The SMILES string of the molecule is COc1ccc2c(c1)Oc1ccccc1N=C2N1CCCN(C(=O)C(C)(C)C)CC1. The van der Waals surface area contributed by atoms with Gasteiger partial charge in [-0.05, 0) is 30.7 Å². The molecular formula is C24H29N3O3. The Labute approximate surface area is 178 Å². The van der Waals surface area contributed by atoms with E-state index in [0.717, 1.165) is 60.4 Å². The molecule has 0 radical (unpaired) electrons. The van der Waals surface area contributed by atoms with Gasteiger partial charge in [-0.25, -0.2) is 4.99 Å². The van der Waals surface area contributed by atoms with E-state index < -0.39 is 0 Å². The fourth-order valence-corrected chi connectivity index (χ4v) is 3.88. The molecule has 0 bridgehead atoms. The Hall–Kier alpha value is -3.02. The van der Waals surface area contributed by atoms with Gasteiger partial charge in [0.25, 0.3) is 0 Å². The van der Waals surface area contributed by atoms with Crippen LogP contribution in [0.5, 0.6) is 17.2 Å². The highest BCUT2D eigenvalue weighted by Gasteiger charge is 2.30. The van der Waals surface area contributed by atoms with Crippen molar-refractivity contribution in [3.8, 4) is 17.2 Å². The maximum Gasteiger partial charge on any atom is 0.228 e. The van der Waals surface area contributed by atoms with E-state index in [4.69, 9.17) is 14.5 Å². The number of fused-ring (bicyclic) bond motifs is 2. The molecule has 0 aromatic heterocycles. The van der Waals surface area contributed by atoms with Crippen LogP contribution in [0.2, 0.25) is 0 Å². The first-order valence-corrected chi connectivity index (χ1v) is 10.4. The second-order valence-electron chi connectivity index (χ2n) is 8.75. The number of benzene rings is 2. The number of hydrogen-bond donors (Lipinski definition) is 0. The predicted octanol–water partition coefficient (Wildman–Crippen LogP) is 4.46. The molecule has 1 amide bonds. The lowest BCUT2D eigenvalue weighted by Gasteiger charge is -2.29. The van der Waals surface area contributed by atoms with E-state index in [1.165, 1.54) is 0 Å². The third-order valence-corrected chi connectivity index (χ3v) is 5.47. The molecule has 0 N–H and O–H groups in total. The topological polar surface area (TPSA) is 54.4 Å². The van der Waals surface area contributed by atoms with Crippen LogP contribution in [0.15, 0.2) is 47.5 Å². The van der Waals surface area contributed by atoms with Gasteiger partial charge in [-0.3, -0.25) is 4.79 Å². The largest absolute Gasteiger partial charge is 0.497 e. The Kier molecular flexibility index (Phi) is 5.41. The van der Waals surface area contributed by atoms with E-state index in [0.29, 0.717) is 6.54 Å². The van der Waals surface area contributed by atoms with Crippen LogP contribution in [0.3, 0.4) is 0 Å². The zero-order chi connectivity index (χ0) is 21.3. The second kappa shape index (κ2) is 8.01. The van der Waals surface area contributed by atoms with Crippen molar-refractivity contribution >= 4 is 17.4 Å². The van der Waals surface area contributed by atoms with Crippen molar-refractivity contribution in [3.63, 3.8) is 0 Å². The number of hydrogen-bond acceptors (Lipinski definition) is 5. The molecule has 1 saturated heterocycles. The van der Waals surface area contributed by atoms with Crippen LogP contribution < -0.4 is 9.47 Å². The van der Waals surface area contributed by atoms with Crippen molar-refractivity contribution in [1.29, 1.82) is 0 Å². The maximum absolute atomic E-state index is 12.8. The first-order valence-electron chi connectivity index (χ1n) is 10.4. The van der Waals surface area contributed by atoms with Crippen LogP contribution in [0.25, 0.3) is 0 Å². The fraction of sp³-hybridized carbons (Fsp3) is 0.417. The van der Waals surface area contributed by atoms with Crippen molar-refractivity contribution in [2.45, 2.75) is 27.2 Å². The molecule has 30 heavy (non-hydrogen) atoms. The second-order valence-corrected chi connectivity index (χ2v) is 8.75. The van der Waals surface area contributed by atoms with Crippen molar-refractivity contribution < 1.29 is 14.3 Å². The number of amides is 1. The summed E-state index contributed by atoms with van der Waals surface area (Å²) in [6.45, 7) is 8.95. The van der Waals surface area contributed by atoms with E-state index in [2.05, 4.69) is 4.90 Å². The van der Waals surface area contributed by atoms with Gasteiger partial charge < -0.3 is 19.3 Å². The van der Waals surface area contributed by atoms with E-state index in [1.54, 1.807) is 7.11 Å². The zero-order valence-electron chi connectivity index (χ0n) is 18.1. The van der Waals surface area contributed by atoms with Gasteiger partial charge in [-0.2, -0.15) is 0 Å². The minimum atomic E-state index is -0.370. The quantitative estimate of drug-likeness (QED) is 0.700. The summed E-state index contributed by atoms with van der Waals surface area (Å²) in [6.07, 6.45) is 0.898. The van der Waals surface area contributed by atoms with E-state index in [9.17, 15) is 4.79 Å². The minimum absolute atomic E-state index is 0.200. The molecule has 0 aliphatic carbocycles. The molecule has 0 spiro atoms. The number of methoxy groups -OCH3 is 1. The number of carbonyl (C=O) groups is 1. The number of ether oxygens (including phenoxy) is 2. The molecule has 2 aromatic rings. The molecule has 2 aromatic carbocycles. The summed E-state index contributed by atoms with van der Waals surface area (Å²) in [5, 5.41) is 0. The van der Waals surface area contributed by atoms with Gasteiger partial charge in [0, 0.05) is 37.7 Å². The standard InChI is InChI=1S/C24H29N3O3/c1-24(2,3)23(28)27-13-7-12-26(14-15-27)22-18-11-10-17(29-4)16-21(18)30-20-9-6-5-8-19(20)25-22/h5-6,8-11,16H,7,12-15H2,1-4H3. The van der Waals surface area contributed by atoms with Crippen molar-refractivity contribution in [1.82, 2.24) is 9.80 Å². The molecular weight excluding hydrogens is 378 g/mol. The van der Waals surface area contributed by atoms with Crippen molar-refractivity contribution in [2.24, 2.45) is 10.4 Å². The monoisotopic (exact) mass is 407 g/mol. The third-order valence-electron chi connectivity index (χ3n) is 5.47. The fourth-order valence-electron chi connectivity index (χ4n) is 3.88. The molecule has 1 fully saturated rings. The average Bonchev–Trinajstić information content (AvgIpc) is 3.06. The summed E-state index contributed by atoms with van der Waals surface area (Å²) in [7, 11) is 1.65. The van der Waals surface area contributed by atoms with Gasteiger partial charge in [-0.1, -0.05) is 32.9 Å². The molecule has 2 aliphatic heterocycles. The Morgan fingerprint density at radius 2 is 1.83 bits per heavy atom. The lowest BCUT2D eigenvalue weighted by molar-refractivity contribution is -0.139. The molecule has 6 heteroatoms. The molecule has 0 saturated carbocycles.